The molecule has 1 heterocycles. The smallest absolute Gasteiger partial charge is 0.0492 e. The molecule has 1 N–H and O–H groups in total. The van der Waals surface area contributed by atoms with Crippen LogP contribution in [0.5, 0.6) is 0 Å². The van der Waals surface area contributed by atoms with Crippen molar-refractivity contribution in [3.8, 4) is 0 Å². The largest absolute Gasteiger partial charge is 0.338 e. The summed E-state index contributed by atoms with van der Waals surface area (Å²) in [6.45, 7) is 0. The van der Waals surface area contributed by atoms with Gasteiger partial charge >= 0.3 is 0 Å². The van der Waals surface area contributed by atoms with E-state index in [2.05, 4.69) is 28.7 Å². The van der Waals surface area contributed by atoms with Gasteiger partial charge in [0.05, 0.1) is 0 Å². The molecule has 0 saturated heterocycles. The number of para-hydroxylation sites is 1. The zero-order chi connectivity index (χ0) is 6.10. The molecule has 0 spiro atoms. The fraction of sp³-hybridized carbons (Fsp3) is 0. The molecule has 9 heavy (non-hydrogen) atoms. The van der Waals surface area contributed by atoms with Gasteiger partial charge in [-0.1, -0.05) is 18.2 Å². The molecule has 1 nitrogen and oxygen atoms in total. The molecule has 0 bridgehead atoms. The van der Waals surface area contributed by atoms with Crippen LogP contribution in [0.2, 0.25) is 0 Å². The highest BCUT2D eigenvalue weighted by Gasteiger charge is 1.87. The number of H-pyrrole nitrogens is 1. The van der Waals surface area contributed by atoms with E-state index < -0.39 is 0 Å². The summed E-state index contributed by atoms with van der Waals surface area (Å²) in [6, 6.07) is 8.30. The Bertz CT molecular complexity index is 283. The minimum absolute atomic E-state index is 1.20. The predicted molar refractivity (Wildman–Crippen MR) is 40.8 cm³/mol. The number of benzene rings is 1. The third-order valence-electron chi connectivity index (χ3n) is 1.35. The molecule has 1 aromatic heterocycles. The fourth-order valence-corrected chi connectivity index (χ4v) is 1.65. The Morgan fingerprint density at radius 2 is 2.11 bits per heavy atom. The molecule has 2 heteroatoms. The van der Waals surface area contributed by atoms with Crippen molar-refractivity contribution in [1.29, 1.82) is 0 Å². The van der Waals surface area contributed by atoms with Crippen molar-refractivity contribution in [3.63, 3.8) is 0 Å². The van der Waals surface area contributed by atoms with Crippen LogP contribution in [0.25, 0.3) is 10.9 Å². The van der Waals surface area contributed by atoms with Gasteiger partial charge in [-0.15, -0.1) is 0 Å². The first kappa shape index (κ1) is 5.01. The first-order valence-electron chi connectivity index (χ1n) is 2.85. The highest BCUT2D eigenvalue weighted by Crippen LogP contribution is 2.16. The van der Waals surface area contributed by atoms with Crippen LogP contribution in [0.4, 0.5) is 0 Å². The lowest BCUT2D eigenvalue weighted by atomic mass is 10.3. The quantitative estimate of drug-likeness (QED) is 0.571. The van der Waals surface area contributed by atoms with Crippen LogP contribution in [0, 0.1) is 0 Å². The summed E-state index contributed by atoms with van der Waals surface area (Å²) >= 11 is 0. The number of fused-ring (bicyclic) bond motifs is 1. The van der Waals surface area contributed by atoms with E-state index in [9.17, 15) is 0 Å². The highest BCUT2D eigenvalue weighted by molar-refractivity contribution is 7.25. The summed E-state index contributed by atoms with van der Waals surface area (Å²) in [6.07, 6.45) is 0. The van der Waals surface area contributed by atoms with Crippen molar-refractivity contribution in [1.82, 2.24) is 4.75 Å². The van der Waals surface area contributed by atoms with Gasteiger partial charge < -0.3 is 4.75 Å². The molecule has 0 atom stereocenters. The number of hydrogen-bond donors (Lipinski definition) is 1. The molecule has 0 aliphatic rings. The lowest BCUT2D eigenvalue weighted by Gasteiger charge is -1.82. The normalized spacial score (nSPS) is 11.1. The summed E-state index contributed by atoms with van der Waals surface area (Å²) in [5.41, 5.74) is 1.25. The second-order valence-electron chi connectivity index (χ2n) is 1.96. The zero-order valence-corrected chi connectivity index (χ0v) is 5.73. The summed E-state index contributed by atoms with van der Waals surface area (Å²) in [7, 11) is 1.20. The summed E-state index contributed by atoms with van der Waals surface area (Å²) < 4.78 is 3.22. The molecular weight excluding hydrogens is 129 g/mol. The Balaban J connectivity index is 2.95. The van der Waals surface area contributed by atoms with Crippen LogP contribution in [0.3, 0.4) is 0 Å². The minimum Gasteiger partial charge on any atom is -0.338 e. The topological polar surface area (TPSA) is 15.8 Å². The highest BCUT2D eigenvalue weighted by atomic mass is 31.0. The van der Waals surface area contributed by atoms with Crippen LogP contribution in [0.15, 0.2) is 30.1 Å². The van der Waals surface area contributed by atoms with Crippen molar-refractivity contribution in [2.24, 2.45) is 0 Å². The van der Waals surface area contributed by atoms with Gasteiger partial charge in [-0.3, -0.25) is 0 Å². The molecule has 0 fully saturated rings. The minimum atomic E-state index is 1.20. The van der Waals surface area contributed by atoms with Crippen LogP contribution in [-0.2, 0) is 0 Å². The molecule has 0 unspecified atom stereocenters. The number of aromatic nitrogens is 1. The molecule has 2 rings (SSSR count). The van der Waals surface area contributed by atoms with Crippen LogP contribution >= 0.6 is 8.35 Å². The lowest BCUT2D eigenvalue weighted by Crippen LogP contribution is -1.61. The van der Waals surface area contributed by atoms with Gasteiger partial charge in [0.15, 0.2) is 0 Å². The monoisotopic (exact) mass is 135 g/mol. The van der Waals surface area contributed by atoms with E-state index in [0.717, 1.165) is 0 Å². The maximum atomic E-state index is 3.22. The maximum Gasteiger partial charge on any atom is 0.0492 e. The van der Waals surface area contributed by atoms with Crippen LogP contribution < -0.4 is 0 Å². The Hall–Kier alpha value is -0.810. The number of hydrogen-bond acceptors (Lipinski definition) is 0. The van der Waals surface area contributed by atoms with Gasteiger partial charge in [-0.2, -0.15) is 0 Å². The second-order valence-corrected chi connectivity index (χ2v) is 2.70. The van der Waals surface area contributed by atoms with Crippen molar-refractivity contribution < 1.29 is 0 Å². The predicted octanol–water partition coefficient (Wildman–Crippen LogP) is 2.75. The van der Waals surface area contributed by atoms with Gasteiger partial charge in [-0.05, 0) is 11.9 Å². The Morgan fingerprint density at radius 3 is 3.00 bits per heavy atom. The van der Waals surface area contributed by atoms with E-state index >= 15 is 0 Å². The number of nitrogens with one attached hydrogen (secondary N) is 1. The third-order valence-corrected chi connectivity index (χ3v) is 2.13. The standard InChI is InChI=1S/C7H6NP/c1-2-4-7-6(3-1)5-9-8-7/h1-5,8H. The molecule has 44 valence electrons. The SMILES string of the molecule is c1ccc2[nH]pcc2c1. The zero-order valence-electron chi connectivity index (χ0n) is 4.83. The van der Waals surface area contributed by atoms with E-state index in [4.69, 9.17) is 0 Å². The molecule has 0 radical (unpaired) electrons. The van der Waals surface area contributed by atoms with Crippen molar-refractivity contribution >= 4 is 19.3 Å². The molecule has 0 aliphatic carbocycles. The molecule has 0 saturated carbocycles. The Labute approximate surface area is 54.9 Å². The summed E-state index contributed by atoms with van der Waals surface area (Å²) in [5, 5.41) is 1.32. The van der Waals surface area contributed by atoms with Gasteiger partial charge in [0.1, 0.15) is 0 Å². The lowest BCUT2D eigenvalue weighted by molar-refractivity contribution is 1.67. The Kier molecular flexibility index (Phi) is 1.03. The van der Waals surface area contributed by atoms with E-state index in [1.807, 2.05) is 6.07 Å². The molecule has 1 aromatic carbocycles. The average Bonchev–Trinajstić information content (AvgIpc) is 2.33. The van der Waals surface area contributed by atoms with E-state index in [1.54, 1.807) is 0 Å². The molecule has 2 aromatic rings. The van der Waals surface area contributed by atoms with Crippen molar-refractivity contribution in [3.05, 3.63) is 30.1 Å². The van der Waals surface area contributed by atoms with Crippen LogP contribution in [0.1, 0.15) is 0 Å². The maximum absolute atomic E-state index is 3.22. The number of aromatic amines is 1. The summed E-state index contributed by atoms with van der Waals surface area (Å²) in [5.74, 6) is 2.16. The van der Waals surface area contributed by atoms with Gasteiger partial charge in [-0.25, -0.2) is 0 Å². The van der Waals surface area contributed by atoms with Gasteiger partial charge in [0.2, 0.25) is 0 Å². The van der Waals surface area contributed by atoms with E-state index in [1.165, 1.54) is 19.3 Å². The first-order chi connectivity index (χ1) is 4.47. The molecule has 0 aliphatic heterocycles. The number of rotatable bonds is 0. The average molecular weight is 135 g/mol. The van der Waals surface area contributed by atoms with Gasteiger partial charge in [0, 0.05) is 19.3 Å². The molecule has 0 amide bonds. The van der Waals surface area contributed by atoms with Crippen molar-refractivity contribution in [2.45, 2.75) is 0 Å². The Morgan fingerprint density at radius 1 is 1.22 bits per heavy atom. The first-order valence-corrected chi connectivity index (χ1v) is 3.81. The second kappa shape index (κ2) is 1.85. The third kappa shape index (κ3) is 0.739. The molecular formula is C7H6NP. The van der Waals surface area contributed by atoms with E-state index in [-0.39, 0.29) is 0 Å². The summed E-state index contributed by atoms with van der Waals surface area (Å²) in [4.78, 5) is 0. The fourth-order valence-electron chi connectivity index (χ4n) is 0.883. The van der Waals surface area contributed by atoms with Crippen LogP contribution in [-0.4, -0.2) is 4.75 Å². The van der Waals surface area contributed by atoms with E-state index in [0.29, 0.717) is 0 Å². The van der Waals surface area contributed by atoms with Gasteiger partial charge in [0.25, 0.3) is 0 Å². The van der Waals surface area contributed by atoms with Crippen molar-refractivity contribution in [2.75, 3.05) is 0 Å².